The van der Waals surface area contributed by atoms with E-state index in [1.165, 1.54) is 0 Å². The molecule has 1 amide bonds. The predicted molar refractivity (Wildman–Crippen MR) is 72.0 cm³/mol. The van der Waals surface area contributed by atoms with Gasteiger partial charge in [-0.25, -0.2) is 0 Å². The number of aliphatic hydroxyl groups excluding tert-OH is 1. The van der Waals surface area contributed by atoms with Crippen LogP contribution in [-0.2, 0) is 11.3 Å². The Labute approximate surface area is 111 Å². The van der Waals surface area contributed by atoms with Crippen molar-refractivity contribution in [3.63, 3.8) is 0 Å². The number of thiophene rings is 1. The summed E-state index contributed by atoms with van der Waals surface area (Å²) >= 11 is 1.60. The maximum atomic E-state index is 11.7. The van der Waals surface area contributed by atoms with Crippen LogP contribution in [0.4, 0.5) is 0 Å². The topological polar surface area (TPSA) is 49.3 Å². The number of hydrogen-bond acceptors (Lipinski definition) is 3. The molecular formula is C14H17NO2S. The minimum atomic E-state index is 0.0861. The molecule has 2 rings (SSSR count). The van der Waals surface area contributed by atoms with Gasteiger partial charge in [-0.1, -0.05) is 18.8 Å². The number of hydrogen-bond donors (Lipinski definition) is 2. The van der Waals surface area contributed by atoms with Gasteiger partial charge in [0.05, 0.1) is 13.2 Å². The van der Waals surface area contributed by atoms with Gasteiger partial charge in [0.15, 0.2) is 0 Å². The quantitative estimate of drug-likeness (QED) is 0.813. The van der Waals surface area contributed by atoms with Crippen LogP contribution >= 0.6 is 11.3 Å². The molecule has 1 fully saturated rings. The van der Waals surface area contributed by atoms with Crippen molar-refractivity contribution in [3.05, 3.63) is 21.9 Å². The lowest BCUT2D eigenvalue weighted by atomic mass is 10.2. The molecule has 0 saturated heterocycles. The minimum absolute atomic E-state index is 0.0861. The zero-order valence-electron chi connectivity index (χ0n) is 10.4. The second-order valence-corrected chi connectivity index (χ2v) is 5.57. The highest BCUT2D eigenvalue weighted by atomic mass is 32.1. The summed E-state index contributed by atoms with van der Waals surface area (Å²) < 4.78 is 0. The average molecular weight is 263 g/mol. The average Bonchev–Trinajstić information content (AvgIpc) is 2.92. The molecule has 0 spiro atoms. The third-order valence-corrected chi connectivity index (χ3v) is 4.00. The maximum absolute atomic E-state index is 11.7. The molecule has 1 saturated carbocycles. The number of carbonyl (C=O) groups excluding carboxylic acids is 1. The van der Waals surface area contributed by atoms with Gasteiger partial charge in [0.1, 0.15) is 0 Å². The van der Waals surface area contributed by atoms with E-state index in [2.05, 4.69) is 24.1 Å². The van der Waals surface area contributed by atoms with Crippen LogP contribution in [0.2, 0.25) is 0 Å². The molecule has 1 aliphatic rings. The van der Waals surface area contributed by atoms with Crippen molar-refractivity contribution in [2.24, 2.45) is 11.8 Å². The number of nitrogens with one attached hydrogen (secondary N) is 1. The monoisotopic (exact) mass is 263 g/mol. The van der Waals surface area contributed by atoms with E-state index in [0.29, 0.717) is 18.9 Å². The molecule has 96 valence electrons. The largest absolute Gasteiger partial charge is 0.395 e. The zero-order chi connectivity index (χ0) is 13.0. The molecule has 2 atom stereocenters. The lowest BCUT2D eigenvalue weighted by molar-refractivity contribution is -0.122. The van der Waals surface area contributed by atoms with Crippen LogP contribution < -0.4 is 5.32 Å². The van der Waals surface area contributed by atoms with Gasteiger partial charge in [-0.3, -0.25) is 4.79 Å². The van der Waals surface area contributed by atoms with Gasteiger partial charge in [-0.15, -0.1) is 11.3 Å². The molecule has 2 unspecified atom stereocenters. The summed E-state index contributed by atoms with van der Waals surface area (Å²) in [7, 11) is 0. The molecule has 18 heavy (non-hydrogen) atoms. The molecule has 3 nitrogen and oxygen atoms in total. The first-order valence-corrected chi connectivity index (χ1v) is 7.04. The Kier molecular flexibility index (Phi) is 4.40. The molecule has 0 aromatic carbocycles. The molecule has 1 heterocycles. The Morgan fingerprint density at radius 3 is 3.11 bits per heavy atom. The van der Waals surface area contributed by atoms with Crippen LogP contribution in [0.1, 0.15) is 30.2 Å². The second kappa shape index (κ2) is 6.03. The van der Waals surface area contributed by atoms with E-state index in [1.807, 2.05) is 11.4 Å². The van der Waals surface area contributed by atoms with Crippen LogP contribution in [-0.4, -0.2) is 17.6 Å². The van der Waals surface area contributed by atoms with E-state index >= 15 is 0 Å². The highest BCUT2D eigenvalue weighted by Gasteiger charge is 2.38. The van der Waals surface area contributed by atoms with Crippen molar-refractivity contribution in [2.45, 2.75) is 26.3 Å². The first-order chi connectivity index (χ1) is 8.72. The summed E-state index contributed by atoms with van der Waals surface area (Å²) in [5, 5.41) is 13.6. The van der Waals surface area contributed by atoms with Gasteiger partial charge in [-0.05, 0) is 23.8 Å². The fourth-order valence-electron chi connectivity index (χ4n) is 1.79. The standard InChI is InChI=1S/C14H17NO2S/c1-10-8-12(10)14(17)15-9-13-11(5-7-18-13)4-2-3-6-16/h5,7,10,12,16H,3,6,8-9H2,1H3,(H,15,17). The Morgan fingerprint density at radius 2 is 2.44 bits per heavy atom. The first kappa shape index (κ1) is 13.1. The van der Waals surface area contributed by atoms with Gasteiger partial charge in [-0.2, -0.15) is 0 Å². The van der Waals surface area contributed by atoms with Crippen LogP contribution in [0.15, 0.2) is 11.4 Å². The molecule has 2 N–H and O–H groups in total. The molecule has 1 aliphatic carbocycles. The number of amides is 1. The second-order valence-electron chi connectivity index (χ2n) is 4.57. The molecule has 4 heteroatoms. The summed E-state index contributed by atoms with van der Waals surface area (Å²) in [4.78, 5) is 12.8. The minimum Gasteiger partial charge on any atom is -0.395 e. The van der Waals surface area contributed by atoms with Gasteiger partial charge in [0.2, 0.25) is 5.91 Å². The highest BCUT2D eigenvalue weighted by molar-refractivity contribution is 7.10. The van der Waals surface area contributed by atoms with Crippen LogP contribution in [0.5, 0.6) is 0 Å². The number of carbonyl (C=O) groups is 1. The third-order valence-electron chi connectivity index (χ3n) is 3.07. The molecule has 0 radical (unpaired) electrons. The normalized spacial score (nSPS) is 21.0. The van der Waals surface area contributed by atoms with Crippen molar-refractivity contribution < 1.29 is 9.90 Å². The Hall–Kier alpha value is -1.31. The molecule has 1 aromatic rings. The summed E-state index contributed by atoms with van der Waals surface area (Å²) in [5.41, 5.74) is 0.956. The fourth-order valence-corrected chi connectivity index (χ4v) is 2.56. The van der Waals surface area contributed by atoms with Gasteiger partial charge < -0.3 is 10.4 Å². The highest BCUT2D eigenvalue weighted by Crippen LogP contribution is 2.37. The van der Waals surface area contributed by atoms with Gasteiger partial charge >= 0.3 is 0 Å². The molecular weight excluding hydrogens is 246 g/mol. The Morgan fingerprint density at radius 1 is 1.67 bits per heavy atom. The van der Waals surface area contributed by atoms with E-state index < -0.39 is 0 Å². The van der Waals surface area contributed by atoms with Crippen molar-refractivity contribution in [3.8, 4) is 11.8 Å². The lowest BCUT2D eigenvalue weighted by Crippen LogP contribution is -2.24. The van der Waals surface area contributed by atoms with Crippen molar-refractivity contribution >= 4 is 17.2 Å². The maximum Gasteiger partial charge on any atom is 0.223 e. The predicted octanol–water partition coefficient (Wildman–Crippen LogP) is 1.75. The van der Waals surface area contributed by atoms with E-state index in [-0.39, 0.29) is 18.4 Å². The van der Waals surface area contributed by atoms with Crippen molar-refractivity contribution in [1.29, 1.82) is 0 Å². The van der Waals surface area contributed by atoms with E-state index in [0.717, 1.165) is 16.9 Å². The Bertz CT molecular complexity index is 483. The van der Waals surface area contributed by atoms with E-state index in [9.17, 15) is 4.79 Å². The SMILES string of the molecule is CC1CC1C(=O)NCc1sccc1C#CCCO. The van der Waals surface area contributed by atoms with Crippen molar-refractivity contribution in [1.82, 2.24) is 5.32 Å². The number of aliphatic hydroxyl groups is 1. The zero-order valence-corrected chi connectivity index (χ0v) is 11.2. The fraction of sp³-hybridized carbons (Fsp3) is 0.500. The third kappa shape index (κ3) is 3.34. The Balaban J connectivity index is 1.88. The molecule has 0 aliphatic heterocycles. The van der Waals surface area contributed by atoms with E-state index in [4.69, 9.17) is 5.11 Å². The molecule has 1 aromatic heterocycles. The molecule has 0 bridgehead atoms. The number of rotatable bonds is 4. The van der Waals surface area contributed by atoms with Crippen LogP contribution in [0.25, 0.3) is 0 Å². The smallest absolute Gasteiger partial charge is 0.223 e. The summed E-state index contributed by atoms with van der Waals surface area (Å²) in [6, 6.07) is 1.95. The van der Waals surface area contributed by atoms with Crippen molar-refractivity contribution in [2.75, 3.05) is 6.61 Å². The summed E-state index contributed by atoms with van der Waals surface area (Å²) in [6.45, 7) is 2.74. The van der Waals surface area contributed by atoms with Gasteiger partial charge in [0.25, 0.3) is 0 Å². The summed E-state index contributed by atoms with van der Waals surface area (Å²) in [6.07, 6.45) is 1.50. The van der Waals surface area contributed by atoms with Crippen LogP contribution in [0, 0.1) is 23.7 Å². The summed E-state index contributed by atoms with van der Waals surface area (Å²) in [5.74, 6) is 6.84. The first-order valence-electron chi connectivity index (χ1n) is 6.16. The van der Waals surface area contributed by atoms with Gasteiger partial charge in [0, 0.05) is 22.8 Å². The lowest BCUT2D eigenvalue weighted by Gasteiger charge is -2.03. The van der Waals surface area contributed by atoms with Crippen LogP contribution in [0.3, 0.4) is 0 Å². The van der Waals surface area contributed by atoms with E-state index in [1.54, 1.807) is 11.3 Å².